The molecule has 13 heteroatoms. The van der Waals surface area contributed by atoms with Crippen LogP contribution in [0.15, 0.2) is 24.3 Å². The second-order valence-corrected chi connectivity index (χ2v) is 7.13. The molecule has 184 valence electrons. The molecule has 0 spiro atoms. The van der Waals surface area contributed by atoms with Crippen molar-refractivity contribution in [1.82, 2.24) is 15.6 Å². The highest BCUT2D eigenvalue weighted by Crippen LogP contribution is 2.31. The summed E-state index contributed by atoms with van der Waals surface area (Å²) in [7, 11) is 0. The van der Waals surface area contributed by atoms with Gasteiger partial charge in [0.15, 0.2) is 5.78 Å². The van der Waals surface area contributed by atoms with Crippen molar-refractivity contribution in [2.24, 2.45) is 0 Å². The molecular weight excluding hydrogens is 475 g/mol. The molecule has 3 N–H and O–H groups in total. The molecule has 0 saturated carbocycles. The number of hydrogen-bond acceptors (Lipinski definition) is 3. The number of allylic oxidation sites excluding steroid dienone is 1. The largest absolute Gasteiger partial charge is 0.419 e. The van der Waals surface area contributed by atoms with E-state index in [-0.39, 0.29) is 16.8 Å². The third-order valence-electron chi connectivity index (χ3n) is 4.56. The molecule has 0 saturated heterocycles. The SMILES string of the molecule is Cc1[nH]c(/C=C/C(=O)c2ccc(C(F)(F)F)c(F)c2)c(C)c1C(=O)NCC(=O)NCC(F)(F)F. The van der Waals surface area contributed by atoms with Crippen molar-refractivity contribution in [1.29, 1.82) is 0 Å². The quantitative estimate of drug-likeness (QED) is 0.308. The molecule has 1 heterocycles. The molecule has 0 radical (unpaired) electrons. The van der Waals surface area contributed by atoms with Crippen LogP contribution in [0.5, 0.6) is 0 Å². The highest BCUT2D eigenvalue weighted by atomic mass is 19.4. The zero-order valence-electron chi connectivity index (χ0n) is 17.7. The minimum atomic E-state index is -4.91. The van der Waals surface area contributed by atoms with Crippen LogP contribution in [-0.4, -0.2) is 41.8 Å². The molecule has 6 nitrogen and oxygen atoms in total. The van der Waals surface area contributed by atoms with Crippen LogP contribution in [0.25, 0.3) is 6.08 Å². The standard InChI is InChI=1S/C21H18F7N3O3/c1-10-15(5-6-16(32)12-3-4-13(14(22)7-12)21(26,27)28)31-11(2)18(10)19(34)29-8-17(33)30-9-20(23,24)25/h3-7,31H,8-9H2,1-2H3,(H,29,34)(H,30,33)/b6-5+. The van der Waals surface area contributed by atoms with E-state index >= 15 is 0 Å². The minimum absolute atomic E-state index is 0.0799. The number of carbonyl (C=O) groups excluding carboxylic acids is 3. The van der Waals surface area contributed by atoms with Gasteiger partial charge in [-0.15, -0.1) is 0 Å². The van der Waals surface area contributed by atoms with E-state index < -0.39 is 54.4 Å². The molecule has 1 aromatic heterocycles. The number of H-pyrrole nitrogens is 1. The smallest absolute Gasteiger partial charge is 0.358 e. The molecule has 0 atom stereocenters. The van der Waals surface area contributed by atoms with Gasteiger partial charge >= 0.3 is 12.4 Å². The highest BCUT2D eigenvalue weighted by Gasteiger charge is 2.34. The van der Waals surface area contributed by atoms with Gasteiger partial charge in [-0.2, -0.15) is 26.3 Å². The Morgan fingerprint density at radius 2 is 1.68 bits per heavy atom. The molecule has 2 amide bonds. The van der Waals surface area contributed by atoms with E-state index in [1.165, 1.54) is 19.9 Å². The first-order valence-electron chi connectivity index (χ1n) is 9.50. The number of halogens is 7. The first-order valence-corrected chi connectivity index (χ1v) is 9.50. The van der Waals surface area contributed by atoms with Crippen LogP contribution in [-0.2, 0) is 11.0 Å². The number of aryl methyl sites for hydroxylation is 1. The molecule has 0 unspecified atom stereocenters. The normalized spacial score (nSPS) is 12.1. The summed E-state index contributed by atoms with van der Waals surface area (Å²) in [6, 6.07) is 1.74. The van der Waals surface area contributed by atoms with E-state index in [0.29, 0.717) is 23.4 Å². The van der Waals surface area contributed by atoms with E-state index in [4.69, 9.17) is 0 Å². The first kappa shape index (κ1) is 26.6. The van der Waals surface area contributed by atoms with Gasteiger partial charge in [0.25, 0.3) is 5.91 Å². The van der Waals surface area contributed by atoms with Gasteiger partial charge in [-0.25, -0.2) is 4.39 Å². The van der Waals surface area contributed by atoms with E-state index in [1.807, 2.05) is 0 Å². The number of alkyl halides is 6. The number of carbonyl (C=O) groups is 3. The summed E-state index contributed by atoms with van der Waals surface area (Å²) in [5.74, 6) is -4.21. The number of aromatic amines is 1. The summed E-state index contributed by atoms with van der Waals surface area (Å²) in [6.07, 6.45) is -7.31. The number of hydrogen-bond donors (Lipinski definition) is 3. The molecule has 0 aliphatic carbocycles. The summed E-state index contributed by atoms with van der Waals surface area (Å²) in [5.41, 5.74) is -0.843. The van der Waals surface area contributed by atoms with Crippen LogP contribution in [0.4, 0.5) is 30.7 Å². The molecule has 1 aromatic carbocycles. The number of ketones is 1. The fraction of sp³-hybridized carbons (Fsp3) is 0.286. The van der Waals surface area contributed by atoms with Crippen molar-refractivity contribution in [3.63, 3.8) is 0 Å². The zero-order valence-corrected chi connectivity index (χ0v) is 17.7. The van der Waals surface area contributed by atoms with Crippen molar-refractivity contribution in [2.45, 2.75) is 26.2 Å². The summed E-state index contributed by atoms with van der Waals surface area (Å²) in [4.78, 5) is 38.8. The average Bonchev–Trinajstić information content (AvgIpc) is 3.00. The summed E-state index contributed by atoms with van der Waals surface area (Å²) in [5, 5.41) is 3.79. The Morgan fingerprint density at radius 1 is 1.03 bits per heavy atom. The van der Waals surface area contributed by atoms with Gasteiger partial charge in [-0.1, -0.05) is 6.07 Å². The second-order valence-electron chi connectivity index (χ2n) is 7.13. The third kappa shape index (κ3) is 6.93. The second kappa shape index (κ2) is 10.1. The topological polar surface area (TPSA) is 91.1 Å². The van der Waals surface area contributed by atoms with Crippen molar-refractivity contribution < 1.29 is 45.1 Å². The fourth-order valence-electron chi connectivity index (χ4n) is 2.95. The Hall–Kier alpha value is -3.64. The van der Waals surface area contributed by atoms with Crippen molar-refractivity contribution in [2.75, 3.05) is 13.1 Å². The van der Waals surface area contributed by atoms with E-state index in [9.17, 15) is 45.1 Å². The predicted octanol–water partition coefficient (Wildman–Crippen LogP) is 4.09. The molecule has 0 aliphatic rings. The number of nitrogens with one attached hydrogen (secondary N) is 3. The van der Waals surface area contributed by atoms with Gasteiger partial charge < -0.3 is 15.6 Å². The fourth-order valence-corrected chi connectivity index (χ4v) is 2.95. The minimum Gasteiger partial charge on any atom is -0.358 e. The lowest BCUT2D eigenvalue weighted by molar-refractivity contribution is -0.140. The van der Waals surface area contributed by atoms with Crippen LogP contribution >= 0.6 is 0 Å². The Bertz CT molecular complexity index is 1130. The van der Waals surface area contributed by atoms with Gasteiger partial charge in [-0.3, -0.25) is 14.4 Å². The van der Waals surface area contributed by atoms with Crippen LogP contribution in [0.3, 0.4) is 0 Å². The van der Waals surface area contributed by atoms with Crippen molar-refractivity contribution in [3.05, 3.63) is 63.7 Å². The Morgan fingerprint density at radius 3 is 2.24 bits per heavy atom. The lowest BCUT2D eigenvalue weighted by Crippen LogP contribution is -2.41. The van der Waals surface area contributed by atoms with E-state index in [0.717, 1.165) is 12.1 Å². The lowest BCUT2D eigenvalue weighted by atomic mass is 10.1. The Labute approximate surface area is 188 Å². The number of amides is 2. The number of benzene rings is 1. The molecule has 0 fully saturated rings. The first-order chi connectivity index (χ1) is 15.6. The Balaban J connectivity index is 2.10. The van der Waals surface area contributed by atoms with Crippen LogP contribution < -0.4 is 10.6 Å². The molecule has 0 bridgehead atoms. The zero-order chi connectivity index (χ0) is 25.8. The monoisotopic (exact) mass is 493 g/mol. The number of aromatic nitrogens is 1. The summed E-state index contributed by atoms with van der Waals surface area (Å²) in [6.45, 7) is 0.734. The van der Waals surface area contributed by atoms with E-state index in [1.54, 1.807) is 5.32 Å². The van der Waals surface area contributed by atoms with E-state index in [2.05, 4.69) is 10.3 Å². The predicted molar refractivity (Wildman–Crippen MR) is 106 cm³/mol. The van der Waals surface area contributed by atoms with Gasteiger partial charge in [-0.05, 0) is 43.7 Å². The van der Waals surface area contributed by atoms with Crippen molar-refractivity contribution >= 4 is 23.7 Å². The molecule has 0 aliphatic heterocycles. The van der Waals surface area contributed by atoms with Gasteiger partial charge in [0.05, 0.1) is 17.7 Å². The maximum absolute atomic E-state index is 13.7. The molecule has 2 aromatic rings. The van der Waals surface area contributed by atoms with Crippen LogP contribution in [0, 0.1) is 19.7 Å². The maximum atomic E-state index is 13.7. The highest BCUT2D eigenvalue weighted by molar-refractivity contribution is 6.07. The van der Waals surface area contributed by atoms with Gasteiger partial charge in [0, 0.05) is 17.0 Å². The lowest BCUT2D eigenvalue weighted by Gasteiger charge is -2.09. The maximum Gasteiger partial charge on any atom is 0.419 e. The summed E-state index contributed by atoms with van der Waals surface area (Å²) < 4.78 is 87.9. The van der Waals surface area contributed by atoms with Crippen LogP contribution in [0.2, 0.25) is 0 Å². The van der Waals surface area contributed by atoms with Gasteiger partial charge in [0.2, 0.25) is 5.91 Å². The third-order valence-corrected chi connectivity index (χ3v) is 4.56. The average molecular weight is 493 g/mol. The number of rotatable bonds is 7. The molecular formula is C21H18F7N3O3. The van der Waals surface area contributed by atoms with Crippen LogP contribution in [0.1, 0.15) is 43.2 Å². The summed E-state index contributed by atoms with van der Waals surface area (Å²) >= 11 is 0. The van der Waals surface area contributed by atoms with Gasteiger partial charge in [0.1, 0.15) is 12.4 Å². The van der Waals surface area contributed by atoms with Crippen molar-refractivity contribution in [3.8, 4) is 0 Å². The molecule has 34 heavy (non-hydrogen) atoms. The Kier molecular flexibility index (Phi) is 7.90. The molecule has 2 rings (SSSR count).